The molecule has 6 nitrogen and oxygen atoms in total. The number of likely N-dealkylation sites (tertiary alicyclic amines) is 1. The molecule has 29 heavy (non-hydrogen) atoms. The fourth-order valence-corrected chi connectivity index (χ4v) is 4.45. The molecule has 1 atom stereocenters. The highest BCUT2D eigenvalue weighted by Gasteiger charge is 2.49. The summed E-state index contributed by atoms with van der Waals surface area (Å²) in [5.41, 5.74) is 2.14. The van der Waals surface area contributed by atoms with Gasteiger partial charge in [-0.3, -0.25) is 14.6 Å². The molecule has 2 aliphatic rings. The second-order valence-electron chi connectivity index (χ2n) is 7.61. The van der Waals surface area contributed by atoms with Crippen molar-refractivity contribution in [2.24, 2.45) is 0 Å². The Kier molecular flexibility index (Phi) is 5.09. The molecule has 1 aliphatic carbocycles. The third-order valence-electron chi connectivity index (χ3n) is 5.89. The van der Waals surface area contributed by atoms with Gasteiger partial charge in [0.25, 0.3) is 11.7 Å². The van der Waals surface area contributed by atoms with E-state index in [-0.39, 0.29) is 17.4 Å². The molecule has 0 spiro atoms. The van der Waals surface area contributed by atoms with Gasteiger partial charge in [-0.05, 0) is 55.2 Å². The molecule has 0 radical (unpaired) electrons. The quantitative estimate of drug-likeness (QED) is 0.487. The van der Waals surface area contributed by atoms with Crippen LogP contribution in [0.2, 0.25) is 0 Å². The second kappa shape index (κ2) is 7.70. The first-order valence-electron chi connectivity index (χ1n) is 9.88. The number of hydrogen-bond acceptors (Lipinski definition) is 5. The van der Waals surface area contributed by atoms with E-state index < -0.39 is 17.7 Å². The molecule has 150 valence electrons. The first-order valence-corrected chi connectivity index (χ1v) is 9.88. The van der Waals surface area contributed by atoms with Gasteiger partial charge in [-0.1, -0.05) is 18.9 Å². The van der Waals surface area contributed by atoms with Gasteiger partial charge in [0.2, 0.25) is 0 Å². The van der Waals surface area contributed by atoms with Crippen molar-refractivity contribution in [3.05, 3.63) is 65.0 Å². The maximum atomic E-state index is 13.1. The van der Waals surface area contributed by atoms with Crippen LogP contribution in [-0.4, -0.2) is 39.8 Å². The van der Waals surface area contributed by atoms with Gasteiger partial charge in [0.15, 0.2) is 0 Å². The summed E-state index contributed by atoms with van der Waals surface area (Å²) in [5.74, 6) is -0.677. The Balaban J connectivity index is 1.88. The average Bonchev–Trinajstić information content (AvgIpc) is 3.35. The number of benzene rings is 1. The first kappa shape index (κ1) is 19.2. The zero-order chi connectivity index (χ0) is 20.5. The van der Waals surface area contributed by atoms with Crippen LogP contribution in [0.25, 0.3) is 5.76 Å². The Morgan fingerprint density at radius 1 is 1.21 bits per heavy atom. The number of aryl methyl sites for hydroxylation is 1. The molecule has 4 rings (SSSR count). The molecule has 0 bridgehead atoms. The molecule has 2 heterocycles. The van der Waals surface area contributed by atoms with Crippen molar-refractivity contribution in [2.75, 3.05) is 7.11 Å². The van der Waals surface area contributed by atoms with Gasteiger partial charge in [0.1, 0.15) is 11.5 Å². The monoisotopic (exact) mass is 392 g/mol. The second-order valence-corrected chi connectivity index (χ2v) is 7.61. The summed E-state index contributed by atoms with van der Waals surface area (Å²) in [6, 6.07) is 8.23. The predicted molar refractivity (Wildman–Crippen MR) is 108 cm³/mol. The number of aliphatic hydroxyl groups is 1. The minimum absolute atomic E-state index is 0.001000. The SMILES string of the molecule is COc1ccc(/C(O)=C2/C(=O)C(=O)N(C3CCCC3)C2c2cccnc2)c(C)c1. The molecule has 1 saturated heterocycles. The Bertz CT molecular complexity index is 978. The summed E-state index contributed by atoms with van der Waals surface area (Å²) in [5, 5.41) is 11.2. The van der Waals surface area contributed by atoms with Crippen molar-refractivity contribution in [3.63, 3.8) is 0 Å². The molecule has 1 unspecified atom stereocenters. The lowest BCUT2D eigenvalue weighted by Crippen LogP contribution is -2.37. The lowest BCUT2D eigenvalue weighted by molar-refractivity contribution is -0.141. The van der Waals surface area contributed by atoms with Crippen LogP contribution < -0.4 is 4.74 Å². The van der Waals surface area contributed by atoms with Gasteiger partial charge in [0, 0.05) is 24.0 Å². The number of Topliss-reactive ketones (excluding diaryl/α,β-unsaturated/α-hetero) is 1. The number of aromatic nitrogens is 1. The number of carbonyl (C=O) groups is 2. The molecule has 2 aromatic rings. The van der Waals surface area contributed by atoms with E-state index in [1.54, 1.807) is 48.7 Å². The topological polar surface area (TPSA) is 79.7 Å². The number of carbonyl (C=O) groups excluding carboxylic acids is 2. The minimum Gasteiger partial charge on any atom is -0.507 e. The van der Waals surface area contributed by atoms with Crippen molar-refractivity contribution in [1.82, 2.24) is 9.88 Å². The highest BCUT2D eigenvalue weighted by Crippen LogP contribution is 2.43. The largest absolute Gasteiger partial charge is 0.507 e. The summed E-state index contributed by atoms with van der Waals surface area (Å²) in [6.07, 6.45) is 7.11. The van der Waals surface area contributed by atoms with E-state index in [0.29, 0.717) is 11.3 Å². The van der Waals surface area contributed by atoms with Gasteiger partial charge in [-0.2, -0.15) is 0 Å². The molecule has 6 heteroatoms. The number of ether oxygens (including phenoxy) is 1. The van der Waals surface area contributed by atoms with E-state index in [1.165, 1.54) is 0 Å². The Hall–Kier alpha value is -3.15. The minimum atomic E-state index is -0.640. The van der Waals surface area contributed by atoms with Crippen molar-refractivity contribution < 1.29 is 19.4 Å². The molecule has 1 aromatic carbocycles. The van der Waals surface area contributed by atoms with E-state index >= 15 is 0 Å². The number of hydrogen-bond donors (Lipinski definition) is 1. The number of rotatable bonds is 4. The highest BCUT2D eigenvalue weighted by atomic mass is 16.5. The van der Waals surface area contributed by atoms with Crippen LogP contribution in [0.3, 0.4) is 0 Å². The van der Waals surface area contributed by atoms with Crippen molar-refractivity contribution >= 4 is 17.4 Å². The maximum Gasteiger partial charge on any atom is 0.295 e. The summed E-state index contributed by atoms with van der Waals surface area (Å²) >= 11 is 0. The van der Waals surface area contributed by atoms with Crippen LogP contribution in [0.5, 0.6) is 5.75 Å². The number of nitrogens with zero attached hydrogens (tertiary/aromatic N) is 2. The molecular formula is C23H24N2O4. The zero-order valence-electron chi connectivity index (χ0n) is 16.6. The Morgan fingerprint density at radius 3 is 2.59 bits per heavy atom. The van der Waals surface area contributed by atoms with Crippen molar-refractivity contribution in [3.8, 4) is 5.75 Å². The van der Waals surface area contributed by atoms with Crippen LogP contribution in [0.4, 0.5) is 0 Å². The van der Waals surface area contributed by atoms with E-state index in [1.807, 2.05) is 13.0 Å². The molecule has 1 N–H and O–H groups in total. The summed E-state index contributed by atoms with van der Waals surface area (Å²) in [7, 11) is 1.57. The van der Waals surface area contributed by atoms with Gasteiger partial charge in [0.05, 0.1) is 18.7 Å². The third kappa shape index (κ3) is 3.28. The zero-order valence-corrected chi connectivity index (χ0v) is 16.6. The van der Waals surface area contributed by atoms with Crippen LogP contribution in [0.15, 0.2) is 48.3 Å². The van der Waals surface area contributed by atoms with Gasteiger partial charge < -0.3 is 14.7 Å². The summed E-state index contributed by atoms with van der Waals surface area (Å²) in [4.78, 5) is 31.9. The fourth-order valence-electron chi connectivity index (χ4n) is 4.45. The normalized spacial score (nSPS) is 21.7. The van der Waals surface area contributed by atoms with Crippen molar-refractivity contribution in [2.45, 2.75) is 44.7 Å². The predicted octanol–water partition coefficient (Wildman–Crippen LogP) is 3.76. The number of amides is 1. The number of methoxy groups -OCH3 is 1. The smallest absolute Gasteiger partial charge is 0.295 e. The number of ketones is 1. The van der Waals surface area contributed by atoms with Crippen LogP contribution in [-0.2, 0) is 9.59 Å². The van der Waals surface area contributed by atoms with E-state index in [0.717, 1.165) is 36.8 Å². The summed E-state index contributed by atoms with van der Waals surface area (Å²) < 4.78 is 5.23. The van der Waals surface area contributed by atoms with Gasteiger partial charge >= 0.3 is 0 Å². The number of aliphatic hydroxyl groups excluding tert-OH is 1. The Labute approximate surface area is 169 Å². The maximum absolute atomic E-state index is 13.1. The molecule has 1 aliphatic heterocycles. The number of pyridine rings is 1. The first-order chi connectivity index (χ1) is 14.0. The third-order valence-corrected chi connectivity index (χ3v) is 5.89. The standard InChI is InChI=1S/C23H24N2O4/c1-14-12-17(29-2)9-10-18(14)21(26)19-20(15-6-5-11-24-13-15)25(23(28)22(19)27)16-7-3-4-8-16/h5-6,9-13,16,20,26H,3-4,7-8H2,1-2H3/b21-19-. The molecule has 2 fully saturated rings. The van der Waals surface area contributed by atoms with Gasteiger partial charge in [-0.15, -0.1) is 0 Å². The average molecular weight is 392 g/mol. The van der Waals surface area contributed by atoms with Gasteiger partial charge in [-0.25, -0.2) is 0 Å². The lowest BCUT2D eigenvalue weighted by atomic mass is 9.94. The molecule has 1 saturated carbocycles. The summed E-state index contributed by atoms with van der Waals surface area (Å²) in [6.45, 7) is 1.84. The van der Waals surface area contributed by atoms with Crippen LogP contribution in [0, 0.1) is 6.92 Å². The van der Waals surface area contributed by atoms with E-state index in [9.17, 15) is 14.7 Å². The molecular weight excluding hydrogens is 368 g/mol. The molecule has 1 aromatic heterocycles. The molecule has 1 amide bonds. The van der Waals surface area contributed by atoms with Crippen LogP contribution >= 0.6 is 0 Å². The lowest BCUT2D eigenvalue weighted by Gasteiger charge is -2.30. The van der Waals surface area contributed by atoms with Crippen LogP contribution in [0.1, 0.15) is 48.4 Å². The Morgan fingerprint density at radius 2 is 1.97 bits per heavy atom. The highest BCUT2D eigenvalue weighted by molar-refractivity contribution is 6.46. The van der Waals surface area contributed by atoms with Crippen molar-refractivity contribution in [1.29, 1.82) is 0 Å². The van der Waals surface area contributed by atoms with E-state index in [4.69, 9.17) is 4.74 Å². The fraction of sp³-hybridized carbons (Fsp3) is 0.348. The van der Waals surface area contributed by atoms with E-state index in [2.05, 4.69) is 4.98 Å².